The molecule has 0 aliphatic heterocycles. The number of fused-ring (bicyclic) bond motifs is 1. The van der Waals surface area contributed by atoms with Crippen LogP contribution in [0, 0.1) is 0 Å². The van der Waals surface area contributed by atoms with E-state index >= 15 is 0 Å². The Balaban J connectivity index is 2.00. The van der Waals surface area contributed by atoms with E-state index < -0.39 is 0 Å². The van der Waals surface area contributed by atoms with E-state index in [9.17, 15) is 9.59 Å². The minimum absolute atomic E-state index is 0.126. The van der Waals surface area contributed by atoms with Crippen LogP contribution < -0.4 is 10.1 Å². The summed E-state index contributed by atoms with van der Waals surface area (Å²) in [5.41, 5.74) is 1.66. The van der Waals surface area contributed by atoms with E-state index in [1.807, 2.05) is 40.3 Å². The second-order valence-corrected chi connectivity index (χ2v) is 7.43. The van der Waals surface area contributed by atoms with Gasteiger partial charge in [-0.2, -0.15) is 4.99 Å². The summed E-state index contributed by atoms with van der Waals surface area (Å²) >= 11 is 2.96. The molecule has 26 heavy (non-hydrogen) atoms. The minimum atomic E-state index is -0.315. The maximum atomic E-state index is 12.2. The van der Waals surface area contributed by atoms with Gasteiger partial charge < -0.3 is 9.88 Å². The highest BCUT2D eigenvalue weighted by molar-refractivity contribution is 7.16. The summed E-state index contributed by atoms with van der Waals surface area (Å²) in [6.07, 6.45) is 4.99. The Hall–Kier alpha value is -2.77. The molecule has 0 unspecified atom stereocenters. The van der Waals surface area contributed by atoms with E-state index in [1.54, 1.807) is 23.5 Å². The third-order valence-electron chi connectivity index (χ3n) is 3.45. The largest absolute Gasteiger partial charge is 0.326 e. The molecule has 1 aromatic carbocycles. The lowest BCUT2D eigenvalue weighted by Crippen LogP contribution is -2.15. The molecular weight excluding hydrogens is 366 g/mol. The molecule has 0 aliphatic rings. The molecule has 7 heteroatoms. The van der Waals surface area contributed by atoms with E-state index in [4.69, 9.17) is 0 Å². The van der Waals surface area contributed by atoms with Crippen LogP contribution in [-0.2, 0) is 16.1 Å². The Labute approximate surface area is 158 Å². The third kappa shape index (κ3) is 4.25. The Morgan fingerprint density at radius 1 is 1.35 bits per heavy atom. The molecule has 0 bridgehead atoms. The second kappa shape index (κ2) is 8.07. The van der Waals surface area contributed by atoms with Crippen molar-refractivity contribution in [1.29, 1.82) is 0 Å². The molecule has 3 aromatic rings. The average molecular weight is 383 g/mol. The van der Waals surface area contributed by atoms with Crippen molar-refractivity contribution < 1.29 is 9.59 Å². The molecule has 5 nitrogen and oxygen atoms in total. The van der Waals surface area contributed by atoms with E-state index in [0.29, 0.717) is 17.0 Å². The van der Waals surface area contributed by atoms with Gasteiger partial charge in [0.2, 0.25) is 5.91 Å². The van der Waals surface area contributed by atoms with Crippen molar-refractivity contribution in [3.05, 3.63) is 64.1 Å². The Morgan fingerprint density at radius 3 is 2.88 bits per heavy atom. The number of nitrogens with zero attached hydrogens (tertiary/aromatic N) is 2. The van der Waals surface area contributed by atoms with Gasteiger partial charge in [-0.25, -0.2) is 0 Å². The van der Waals surface area contributed by atoms with Crippen LogP contribution in [-0.4, -0.2) is 16.4 Å². The second-order valence-electron chi connectivity index (χ2n) is 5.45. The molecule has 132 valence electrons. The van der Waals surface area contributed by atoms with Crippen LogP contribution >= 0.6 is 22.7 Å². The number of hydrogen-bond donors (Lipinski definition) is 1. The van der Waals surface area contributed by atoms with Gasteiger partial charge in [0, 0.05) is 30.1 Å². The summed E-state index contributed by atoms with van der Waals surface area (Å²) in [5.74, 6) is -0.441. The number of aromatic nitrogens is 1. The predicted octanol–water partition coefficient (Wildman–Crippen LogP) is 4.05. The molecule has 2 amide bonds. The fraction of sp³-hybridized carbons (Fsp3) is 0.105. The van der Waals surface area contributed by atoms with Crippen LogP contribution in [0.15, 0.2) is 59.4 Å². The van der Waals surface area contributed by atoms with Crippen molar-refractivity contribution in [2.45, 2.75) is 13.5 Å². The van der Waals surface area contributed by atoms with Gasteiger partial charge in [-0.05, 0) is 35.7 Å². The van der Waals surface area contributed by atoms with Crippen molar-refractivity contribution >= 4 is 56.5 Å². The number of thiazole rings is 1. The molecule has 0 saturated carbocycles. The first-order valence-electron chi connectivity index (χ1n) is 7.89. The zero-order valence-corrected chi connectivity index (χ0v) is 15.8. The number of amides is 2. The molecular formula is C19H17N3O2S2. The molecule has 0 saturated heterocycles. The lowest BCUT2D eigenvalue weighted by molar-refractivity contribution is -0.114. The molecule has 0 atom stereocenters. The highest BCUT2D eigenvalue weighted by Crippen LogP contribution is 2.22. The number of thiophene rings is 1. The van der Waals surface area contributed by atoms with Crippen LogP contribution in [0.5, 0.6) is 0 Å². The van der Waals surface area contributed by atoms with Gasteiger partial charge in [-0.15, -0.1) is 17.9 Å². The zero-order valence-electron chi connectivity index (χ0n) is 14.1. The zero-order chi connectivity index (χ0) is 18.5. The summed E-state index contributed by atoms with van der Waals surface area (Å²) in [6, 6.07) is 9.49. The summed E-state index contributed by atoms with van der Waals surface area (Å²) in [5, 5.41) is 4.72. The van der Waals surface area contributed by atoms with Crippen LogP contribution in [0.3, 0.4) is 0 Å². The molecule has 1 N–H and O–H groups in total. The number of anilines is 1. The number of allylic oxidation sites excluding steroid dienone is 1. The molecule has 2 heterocycles. The van der Waals surface area contributed by atoms with Crippen LogP contribution in [0.4, 0.5) is 5.69 Å². The van der Waals surface area contributed by atoms with Crippen molar-refractivity contribution in [3.8, 4) is 0 Å². The SMILES string of the molecule is C=CCn1c(=NC(=O)/C=C/c2cccs2)sc2cc(NC(C)=O)ccc21. The van der Waals surface area contributed by atoms with Gasteiger partial charge in [0.05, 0.1) is 10.2 Å². The van der Waals surface area contributed by atoms with Crippen molar-refractivity contribution in [2.24, 2.45) is 4.99 Å². The standard InChI is InChI=1S/C19H17N3O2S2/c1-3-10-22-16-8-6-14(20-13(2)23)12-17(16)26-19(22)21-18(24)9-7-15-5-4-11-25-15/h3-9,11-12H,1,10H2,2H3,(H,20,23)/b9-7+,21-19?. The van der Waals surface area contributed by atoms with E-state index in [0.717, 1.165) is 15.1 Å². The Bertz CT molecular complexity index is 1060. The summed E-state index contributed by atoms with van der Waals surface area (Å²) in [6.45, 7) is 5.79. The van der Waals surface area contributed by atoms with Crippen molar-refractivity contribution in [2.75, 3.05) is 5.32 Å². The van der Waals surface area contributed by atoms with Crippen molar-refractivity contribution in [1.82, 2.24) is 4.57 Å². The normalized spacial score (nSPS) is 12.0. The number of nitrogens with one attached hydrogen (secondary N) is 1. The highest BCUT2D eigenvalue weighted by Gasteiger charge is 2.08. The first-order chi connectivity index (χ1) is 12.6. The fourth-order valence-corrected chi connectivity index (χ4v) is 4.12. The fourth-order valence-electron chi connectivity index (χ4n) is 2.42. The number of carbonyl (C=O) groups excluding carboxylic acids is 2. The van der Waals surface area contributed by atoms with Crippen LogP contribution in [0.25, 0.3) is 16.3 Å². The van der Waals surface area contributed by atoms with Crippen LogP contribution in [0.1, 0.15) is 11.8 Å². The van der Waals surface area contributed by atoms with Gasteiger partial charge in [0.15, 0.2) is 4.80 Å². The van der Waals surface area contributed by atoms with Gasteiger partial charge in [0.1, 0.15) is 0 Å². The monoisotopic (exact) mass is 383 g/mol. The lowest BCUT2D eigenvalue weighted by atomic mass is 10.3. The maximum Gasteiger partial charge on any atom is 0.272 e. The Morgan fingerprint density at radius 2 is 2.19 bits per heavy atom. The maximum absolute atomic E-state index is 12.2. The molecule has 3 rings (SSSR count). The summed E-state index contributed by atoms with van der Waals surface area (Å²) < 4.78 is 2.87. The molecule has 0 aliphatic carbocycles. The molecule has 0 spiro atoms. The predicted molar refractivity (Wildman–Crippen MR) is 108 cm³/mol. The van der Waals surface area contributed by atoms with Crippen molar-refractivity contribution in [3.63, 3.8) is 0 Å². The molecule has 0 fully saturated rings. The summed E-state index contributed by atoms with van der Waals surface area (Å²) in [4.78, 5) is 29.3. The topological polar surface area (TPSA) is 63.5 Å². The van der Waals surface area contributed by atoms with Gasteiger partial charge in [0.25, 0.3) is 5.91 Å². The third-order valence-corrected chi connectivity index (χ3v) is 5.33. The highest BCUT2D eigenvalue weighted by atomic mass is 32.1. The number of rotatable bonds is 5. The first kappa shape index (κ1) is 18.0. The minimum Gasteiger partial charge on any atom is -0.326 e. The van der Waals surface area contributed by atoms with E-state index in [1.165, 1.54) is 24.3 Å². The number of hydrogen-bond acceptors (Lipinski definition) is 4. The van der Waals surface area contributed by atoms with E-state index in [2.05, 4.69) is 16.9 Å². The first-order valence-corrected chi connectivity index (χ1v) is 9.58. The van der Waals surface area contributed by atoms with Gasteiger partial charge >= 0.3 is 0 Å². The summed E-state index contributed by atoms with van der Waals surface area (Å²) in [7, 11) is 0. The average Bonchev–Trinajstić information content (AvgIpc) is 3.21. The molecule has 0 radical (unpaired) electrons. The smallest absolute Gasteiger partial charge is 0.272 e. The molecule has 2 aromatic heterocycles. The van der Waals surface area contributed by atoms with Gasteiger partial charge in [-0.3, -0.25) is 9.59 Å². The van der Waals surface area contributed by atoms with Crippen LogP contribution in [0.2, 0.25) is 0 Å². The van der Waals surface area contributed by atoms with E-state index in [-0.39, 0.29) is 11.8 Å². The van der Waals surface area contributed by atoms with Gasteiger partial charge in [-0.1, -0.05) is 23.5 Å². The lowest BCUT2D eigenvalue weighted by Gasteiger charge is -2.03. The Kier molecular flexibility index (Phi) is 5.60. The quantitative estimate of drug-likeness (QED) is 0.534. The number of carbonyl (C=O) groups is 2. The number of benzene rings is 1.